The Hall–Kier alpha value is -1.47. The van der Waals surface area contributed by atoms with Gasteiger partial charge in [-0.15, -0.1) is 0 Å². The molecule has 0 spiro atoms. The zero-order chi connectivity index (χ0) is 15.3. The summed E-state index contributed by atoms with van der Waals surface area (Å²) in [7, 11) is 0. The number of nitrogens with one attached hydrogen (secondary N) is 1. The lowest BCUT2D eigenvalue weighted by atomic mass is 10.0. The van der Waals surface area contributed by atoms with Crippen LogP contribution >= 0.6 is 0 Å². The van der Waals surface area contributed by atoms with Gasteiger partial charge in [-0.1, -0.05) is 0 Å². The lowest BCUT2D eigenvalue weighted by Gasteiger charge is -2.20. The van der Waals surface area contributed by atoms with Crippen LogP contribution in [0.25, 0.3) is 0 Å². The van der Waals surface area contributed by atoms with Crippen LogP contribution in [-0.4, -0.2) is 35.5 Å². The summed E-state index contributed by atoms with van der Waals surface area (Å²) in [6.45, 7) is 4.87. The maximum atomic E-state index is 12.3. The van der Waals surface area contributed by atoms with E-state index in [0.717, 1.165) is 0 Å². The highest BCUT2D eigenvalue weighted by Gasteiger charge is 2.44. The predicted octanol–water partition coefficient (Wildman–Crippen LogP) is 2.55. The average Bonchev–Trinajstić information content (AvgIpc) is 2.11. The number of ether oxygens (including phenoxy) is 1. The number of amides is 1. The van der Waals surface area contributed by atoms with Gasteiger partial charge in [0.05, 0.1) is 0 Å². The summed E-state index contributed by atoms with van der Waals surface area (Å²) >= 11 is 0. The zero-order valence-electron chi connectivity index (χ0n) is 11.0. The van der Waals surface area contributed by atoms with Crippen molar-refractivity contribution in [1.82, 2.24) is 5.32 Å². The van der Waals surface area contributed by atoms with Gasteiger partial charge in [-0.3, -0.25) is 4.79 Å². The van der Waals surface area contributed by atoms with Crippen molar-refractivity contribution < 1.29 is 32.6 Å². The van der Waals surface area contributed by atoms with E-state index >= 15 is 0 Å². The van der Waals surface area contributed by atoms with Gasteiger partial charge < -0.3 is 15.2 Å². The van der Waals surface area contributed by atoms with E-state index in [2.05, 4.69) is 5.32 Å². The first-order chi connectivity index (χ1) is 8.43. The minimum Gasteiger partial charge on any atom is -0.481 e. The zero-order valence-corrected chi connectivity index (χ0v) is 11.0. The van der Waals surface area contributed by atoms with Crippen LogP contribution in [0.1, 0.15) is 33.6 Å². The van der Waals surface area contributed by atoms with Crippen molar-refractivity contribution >= 4 is 12.1 Å². The molecule has 0 bridgehead atoms. The average molecular weight is 285 g/mol. The number of aliphatic carboxylic acids is 1. The maximum absolute atomic E-state index is 12.3. The van der Waals surface area contributed by atoms with Crippen molar-refractivity contribution in [3.05, 3.63) is 0 Å². The summed E-state index contributed by atoms with van der Waals surface area (Å²) in [4.78, 5) is 21.6. The number of carbonyl (C=O) groups is 2. The highest BCUT2D eigenvalue weighted by Crippen LogP contribution is 2.29. The Morgan fingerprint density at radius 3 is 2.16 bits per heavy atom. The number of carboxylic acid groups (broad SMARTS) is 1. The summed E-state index contributed by atoms with van der Waals surface area (Å²) in [5.41, 5.74) is -0.695. The van der Waals surface area contributed by atoms with E-state index in [0.29, 0.717) is 0 Å². The number of carboxylic acids is 1. The fraction of sp³-hybridized carbons (Fsp3) is 0.818. The molecule has 0 saturated heterocycles. The van der Waals surface area contributed by atoms with E-state index in [-0.39, 0.29) is 13.0 Å². The Balaban J connectivity index is 4.03. The van der Waals surface area contributed by atoms with Crippen LogP contribution in [0.15, 0.2) is 0 Å². The molecule has 8 heteroatoms. The monoisotopic (exact) mass is 285 g/mol. The van der Waals surface area contributed by atoms with Crippen LogP contribution < -0.4 is 5.32 Å². The van der Waals surface area contributed by atoms with Gasteiger partial charge in [-0.2, -0.15) is 13.2 Å². The Bertz CT molecular complexity index is 323. The number of rotatable bonds is 5. The second-order valence-electron chi connectivity index (χ2n) is 5.00. The molecule has 0 aliphatic heterocycles. The Morgan fingerprint density at radius 1 is 1.26 bits per heavy atom. The molecule has 0 rings (SSSR count). The van der Waals surface area contributed by atoms with Crippen LogP contribution in [0, 0.1) is 5.92 Å². The number of alkyl halides is 3. The molecule has 0 aromatic carbocycles. The number of hydrogen-bond donors (Lipinski definition) is 2. The molecule has 112 valence electrons. The van der Waals surface area contributed by atoms with Crippen LogP contribution in [0.2, 0.25) is 0 Å². The van der Waals surface area contributed by atoms with Crippen molar-refractivity contribution in [3.8, 4) is 0 Å². The normalized spacial score (nSPS) is 13.8. The molecule has 19 heavy (non-hydrogen) atoms. The van der Waals surface area contributed by atoms with E-state index in [1.54, 1.807) is 20.8 Å². The molecular weight excluding hydrogens is 267 g/mol. The molecule has 5 nitrogen and oxygen atoms in total. The first-order valence-corrected chi connectivity index (χ1v) is 5.70. The van der Waals surface area contributed by atoms with Gasteiger partial charge in [0, 0.05) is 6.54 Å². The van der Waals surface area contributed by atoms with Gasteiger partial charge >= 0.3 is 18.2 Å². The molecule has 0 aliphatic rings. The first-order valence-electron chi connectivity index (χ1n) is 5.70. The molecule has 0 saturated carbocycles. The molecule has 1 atom stereocenters. The number of carbonyl (C=O) groups excluding carboxylic acids is 1. The smallest absolute Gasteiger partial charge is 0.407 e. The molecule has 0 fully saturated rings. The van der Waals surface area contributed by atoms with Crippen molar-refractivity contribution in [2.45, 2.75) is 45.4 Å². The van der Waals surface area contributed by atoms with Crippen molar-refractivity contribution in [1.29, 1.82) is 0 Å². The van der Waals surface area contributed by atoms with Crippen LogP contribution in [0.4, 0.5) is 18.0 Å². The fourth-order valence-electron chi connectivity index (χ4n) is 1.24. The third kappa shape index (κ3) is 8.28. The number of alkyl carbamates (subject to hydrolysis) is 1. The molecule has 2 N–H and O–H groups in total. The Kier molecular flexibility index (Phi) is 6.11. The van der Waals surface area contributed by atoms with Gasteiger partial charge in [0.1, 0.15) is 5.60 Å². The Labute approximate surface area is 109 Å². The molecular formula is C11H18F3NO4. The summed E-state index contributed by atoms with van der Waals surface area (Å²) < 4.78 is 41.7. The summed E-state index contributed by atoms with van der Waals surface area (Å²) in [6, 6.07) is 0. The number of halogens is 3. The van der Waals surface area contributed by atoms with Gasteiger partial charge in [0.15, 0.2) is 5.92 Å². The molecule has 0 heterocycles. The third-order valence-corrected chi connectivity index (χ3v) is 2.03. The topological polar surface area (TPSA) is 75.6 Å². The quantitative estimate of drug-likeness (QED) is 0.761. The summed E-state index contributed by atoms with van der Waals surface area (Å²) in [5.74, 6) is -4.32. The standard InChI is InChI=1S/C11H18F3NO4/c1-10(2,3)19-9(18)15-6-4-5-7(8(16)17)11(12,13)14/h7H,4-6H2,1-3H3,(H,15,18)(H,16,17). The van der Waals surface area contributed by atoms with Crippen LogP contribution in [0.3, 0.4) is 0 Å². The minimum absolute atomic E-state index is 0.0746. The molecule has 1 amide bonds. The lowest BCUT2D eigenvalue weighted by Crippen LogP contribution is -2.34. The van der Waals surface area contributed by atoms with Crippen molar-refractivity contribution in [2.75, 3.05) is 6.54 Å². The predicted molar refractivity (Wildman–Crippen MR) is 60.7 cm³/mol. The van der Waals surface area contributed by atoms with Gasteiger partial charge in [0.25, 0.3) is 0 Å². The van der Waals surface area contributed by atoms with Gasteiger partial charge in [-0.25, -0.2) is 4.79 Å². The van der Waals surface area contributed by atoms with Gasteiger partial charge in [-0.05, 0) is 33.6 Å². The number of hydrogen-bond acceptors (Lipinski definition) is 3. The SMILES string of the molecule is CC(C)(C)OC(=O)NCCCC(C(=O)O)C(F)(F)F. The minimum atomic E-state index is -4.78. The second kappa shape index (κ2) is 6.63. The van der Waals surface area contributed by atoms with Crippen LogP contribution in [0.5, 0.6) is 0 Å². The highest BCUT2D eigenvalue weighted by atomic mass is 19.4. The molecule has 1 unspecified atom stereocenters. The molecule has 0 aliphatic carbocycles. The Morgan fingerprint density at radius 2 is 1.79 bits per heavy atom. The third-order valence-electron chi connectivity index (χ3n) is 2.03. The summed E-state index contributed by atoms with van der Waals surface area (Å²) in [5, 5.41) is 10.7. The summed E-state index contributed by atoms with van der Waals surface area (Å²) in [6.07, 6.45) is -6.21. The van der Waals surface area contributed by atoms with E-state index in [1.165, 1.54) is 0 Å². The molecule has 0 radical (unpaired) electrons. The van der Waals surface area contributed by atoms with E-state index < -0.39 is 36.2 Å². The van der Waals surface area contributed by atoms with E-state index in [9.17, 15) is 22.8 Å². The van der Waals surface area contributed by atoms with Crippen molar-refractivity contribution in [3.63, 3.8) is 0 Å². The van der Waals surface area contributed by atoms with E-state index in [1.807, 2.05) is 0 Å². The van der Waals surface area contributed by atoms with Gasteiger partial charge in [0.2, 0.25) is 0 Å². The highest BCUT2D eigenvalue weighted by molar-refractivity contribution is 5.71. The largest absolute Gasteiger partial charge is 0.481 e. The molecule has 0 aromatic heterocycles. The maximum Gasteiger partial charge on any atom is 0.407 e. The molecule has 0 aromatic rings. The fourth-order valence-corrected chi connectivity index (χ4v) is 1.24. The first kappa shape index (κ1) is 17.5. The van der Waals surface area contributed by atoms with E-state index in [4.69, 9.17) is 9.84 Å². The van der Waals surface area contributed by atoms with Crippen LogP contribution in [-0.2, 0) is 9.53 Å². The lowest BCUT2D eigenvalue weighted by molar-refractivity contribution is -0.194. The second-order valence-corrected chi connectivity index (χ2v) is 5.00. The van der Waals surface area contributed by atoms with Crippen molar-refractivity contribution in [2.24, 2.45) is 5.92 Å².